The molecule has 10 heteroatoms. The molecule has 1 aliphatic rings. The summed E-state index contributed by atoms with van der Waals surface area (Å²) in [5.41, 5.74) is 0.405. The Morgan fingerprint density at radius 2 is 1.83 bits per heavy atom. The van der Waals surface area contributed by atoms with E-state index in [-0.39, 0.29) is 4.90 Å². The van der Waals surface area contributed by atoms with Gasteiger partial charge in [0.05, 0.1) is 4.90 Å². The molecule has 1 aromatic carbocycles. The van der Waals surface area contributed by atoms with E-state index in [2.05, 4.69) is 21.2 Å². The van der Waals surface area contributed by atoms with Crippen LogP contribution in [0.5, 0.6) is 0 Å². The zero-order chi connectivity index (χ0) is 20.9. The lowest BCUT2D eigenvalue weighted by atomic mass is 10.3. The van der Waals surface area contributed by atoms with Crippen LogP contribution in [0.3, 0.4) is 0 Å². The first-order valence-corrected chi connectivity index (χ1v) is 11.1. The van der Waals surface area contributed by atoms with Gasteiger partial charge in [0.1, 0.15) is 5.76 Å². The Hall–Kier alpha value is -2.43. The van der Waals surface area contributed by atoms with Crippen molar-refractivity contribution in [1.29, 1.82) is 0 Å². The highest BCUT2D eigenvalue weighted by atomic mass is 79.9. The Bertz CT molecular complexity index is 1010. The van der Waals surface area contributed by atoms with Crippen molar-refractivity contribution in [3.63, 3.8) is 0 Å². The smallest absolute Gasteiger partial charge is 0.331 e. The molecule has 1 fully saturated rings. The van der Waals surface area contributed by atoms with Gasteiger partial charge < -0.3 is 14.5 Å². The zero-order valence-electron chi connectivity index (χ0n) is 15.3. The summed E-state index contributed by atoms with van der Waals surface area (Å²) in [5, 5.41) is 2.55. The lowest BCUT2D eigenvalue weighted by Gasteiger charge is -2.15. The molecule has 1 aliphatic heterocycles. The molecule has 1 N–H and O–H groups in total. The Labute approximate surface area is 176 Å². The van der Waals surface area contributed by atoms with Crippen molar-refractivity contribution in [2.75, 3.05) is 25.0 Å². The molecular formula is C19H19BrN2O6S. The summed E-state index contributed by atoms with van der Waals surface area (Å²) in [4.78, 5) is 23.7. The first kappa shape index (κ1) is 21.3. The van der Waals surface area contributed by atoms with Gasteiger partial charge in [-0.1, -0.05) is 0 Å². The highest BCUT2D eigenvalue weighted by Gasteiger charge is 2.26. The Morgan fingerprint density at radius 3 is 2.45 bits per heavy atom. The molecule has 0 atom stereocenters. The number of anilines is 1. The monoisotopic (exact) mass is 482 g/mol. The van der Waals surface area contributed by atoms with E-state index >= 15 is 0 Å². The largest absolute Gasteiger partial charge is 0.452 e. The number of amides is 1. The summed E-state index contributed by atoms with van der Waals surface area (Å²) in [6.07, 6.45) is 4.29. The van der Waals surface area contributed by atoms with Gasteiger partial charge in [0.25, 0.3) is 5.91 Å². The summed E-state index contributed by atoms with van der Waals surface area (Å²) in [5.74, 6) is -0.774. The molecule has 1 saturated heterocycles. The number of rotatable bonds is 7. The number of hydrogen-bond donors (Lipinski definition) is 1. The second-order valence-corrected chi connectivity index (χ2v) is 8.99. The highest BCUT2D eigenvalue weighted by Crippen LogP contribution is 2.22. The van der Waals surface area contributed by atoms with Crippen molar-refractivity contribution in [2.45, 2.75) is 17.7 Å². The average Bonchev–Trinajstić information content (AvgIpc) is 3.37. The van der Waals surface area contributed by atoms with Crippen LogP contribution in [0.15, 0.2) is 56.5 Å². The quantitative estimate of drug-likeness (QED) is 0.480. The number of halogens is 1. The molecule has 0 aliphatic carbocycles. The van der Waals surface area contributed by atoms with E-state index in [0.717, 1.165) is 18.9 Å². The van der Waals surface area contributed by atoms with Gasteiger partial charge in [-0.05, 0) is 71.2 Å². The first-order chi connectivity index (χ1) is 13.8. The van der Waals surface area contributed by atoms with Gasteiger partial charge in [0.15, 0.2) is 11.3 Å². The van der Waals surface area contributed by atoms with E-state index < -0.39 is 28.5 Å². The van der Waals surface area contributed by atoms with Gasteiger partial charge in [0, 0.05) is 24.9 Å². The lowest BCUT2D eigenvalue weighted by Crippen LogP contribution is -2.27. The van der Waals surface area contributed by atoms with Crippen LogP contribution in [0.4, 0.5) is 5.69 Å². The molecular weight excluding hydrogens is 464 g/mol. The number of benzene rings is 1. The number of carbonyl (C=O) groups is 2. The van der Waals surface area contributed by atoms with E-state index in [4.69, 9.17) is 9.15 Å². The summed E-state index contributed by atoms with van der Waals surface area (Å²) in [6.45, 7) is 0.578. The number of nitrogens with one attached hydrogen (secondary N) is 1. The van der Waals surface area contributed by atoms with Crippen molar-refractivity contribution >= 4 is 49.6 Å². The number of esters is 1. The molecule has 0 saturated carbocycles. The minimum atomic E-state index is -3.50. The first-order valence-electron chi connectivity index (χ1n) is 8.85. The van der Waals surface area contributed by atoms with Crippen LogP contribution >= 0.6 is 15.9 Å². The van der Waals surface area contributed by atoms with Crippen molar-refractivity contribution < 1.29 is 27.2 Å². The Kier molecular flexibility index (Phi) is 6.88. The summed E-state index contributed by atoms with van der Waals surface area (Å²) in [6, 6.07) is 9.22. The summed E-state index contributed by atoms with van der Waals surface area (Å²) < 4.78 is 37.0. The minimum Gasteiger partial charge on any atom is -0.452 e. The number of ether oxygens (including phenoxy) is 1. The fourth-order valence-electron chi connectivity index (χ4n) is 2.74. The standard InChI is InChI=1S/C19H19BrN2O6S/c20-17-9-5-15(28-17)6-10-19(24)27-13-18(23)21-14-3-7-16(8-4-14)29(25,26)22-11-1-2-12-22/h3-10H,1-2,11-13H2,(H,21,23)/b10-6+. The van der Waals surface area contributed by atoms with Crippen molar-refractivity contribution in [3.8, 4) is 0 Å². The topological polar surface area (TPSA) is 106 Å². The SMILES string of the molecule is O=C(COC(=O)/C=C/c1ccc(Br)o1)Nc1ccc(S(=O)(=O)N2CCCC2)cc1. The number of sulfonamides is 1. The molecule has 1 amide bonds. The lowest BCUT2D eigenvalue weighted by molar-refractivity contribution is -0.142. The molecule has 0 unspecified atom stereocenters. The number of carbonyl (C=O) groups excluding carboxylic acids is 2. The molecule has 0 radical (unpaired) electrons. The fraction of sp³-hybridized carbons (Fsp3) is 0.263. The maximum Gasteiger partial charge on any atom is 0.331 e. The maximum atomic E-state index is 12.5. The van der Waals surface area contributed by atoms with Gasteiger partial charge in [0.2, 0.25) is 10.0 Å². The van der Waals surface area contributed by atoms with Crippen molar-refractivity contribution in [1.82, 2.24) is 4.31 Å². The van der Waals surface area contributed by atoms with Gasteiger partial charge in [-0.15, -0.1) is 0 Å². The summed E-state index contributed by atoms with van der Waals surface area (Å²) in [7, 11) is -3.50. The molecule has 2 heterocycles. The van der Waals surface area contributed by atoms with E-state index in [1.54, 1.807) is 12.1 Å². The Morgan fingerprint density at radius 1 is 1.14 bits per heavy atom. The van der Waals surface area contributed by atoms with Crippen LogP contribution in [0.25, 0.3) is 6.08 Å². The third-order valence-electron chi connectivity index (χ3n) is 4.16. The second kappa shape index (κ2) is 9.38. The minimum absolute atomic E-state index is 0.179. The van der Waals surface area contributed by atoms with Crippen LogP contribution in [0.2, 0.25) is 0 Å². The van der Waals surface area contributed by atoms with Crippen LogP contribution in [0, 0.1) is 0 Å². The van der Waals surface area contributed by atoms with Crippen molar-refractivity contribution in [2.24, 2.45) is 0 Å². The normalized spacial score (nSPS) is 14.9. The molecule has 3 rings (SSSR count). The fourth-order valence-corrected chi connectivity index (χ4v) is 4.57. The molecule has 8 nitrogen and oxygen atoms in total. The van der Waals surface area contributed by atoms with Gasteiger partial charge in [-0.3, -0.25) is 4.79 Å². The molecule has 0 bridgehead atoms. The number of nitrogens with zero attached hydrogens (tertiary/aromatic N) is 1. The van der Waals surface area contributed by atoms with Gasteiger partial charge >= 0.3 is 5.97 Å². The molecule has 1 aromatic heterocycles. The van der Waals surface area contributed by atoms with Gasteiger partial charge in [-0.2, -0.15) is 4.31 Å². The molecule has 29 heavy (non-hydrogen) atoms. The van der Waals surface area contributed by atoms with Gasteiger partial charge in [-0.25, -0.2) is 13.2 Å². The Balaban J connectivity index is 1.49. The predicted octanol–water partition coefficient (Wildman–Crippen LogP) is 3.02. The average molecular weight is 483 g/mol. The third-order valence-corrected chi connectivity index (χ3v) is 6.50. The summed E-state index contributed by atoms with van der Waals surface area (Å²) >= 11 is 3.15. The maximum absolute atomic E-state index is 12.5. The second-order valence-electron chi connectivity index (χ2n) is 6.27. The number of furan rings is 1. The molecule has 2 aromatic rings. The molecule has 0 spiro atoms. The van der Waals surface area contributed by atoms with Crippen LogP contribution in [0.1, 0.15) is 18.6 Å². The third kappa shape index (κ3) is 5.78. The highest BCUT2D eigenvalue weighted by molar-refractivity contribution is 9.10. The van der Waals surface area contributed by atoms with Crippen molar-refractivity contribution in [3.05, 3.63) is 52.9 Å². The predicted molar refractivity (Wildman–Crippen MR) is 109 cm³/mol. The van der Waals surface area contributed by atoms with Crippen LogP contribution in [-0.2, 0) is 24.3 Å². The van der Waals surface area contributed by atoms with E-state index in [9.17, 15) is 18.0 Å². The van der Waals surface area contributed by atoms with E-state index in [0.29, 0.717) is 29.2 Å². The molecule has 154 valence electrons. The zero-order valence-corrected chi connectivity index (χ0v) is 17.7. The van der Waals surface area contributed by atoms with E-state index in [1.165, 1.54) is 34.6 Å². The van der Waals surface area contributed by atoms with Crippen LogP contribution in [-0.4, -0.2) is 44.3 Å². The van der Waals surface area contributed by atoms with E-state index in [1.807, 2.05) is 0 Å². The number of hydrogen-bond acceptors (Lipinski definition) is 6. The van der Waals surface area contributed by atoms with Crippen LogP contribution < -0.4 is 5.32 Å².